The maximum atomic E-state index is 10.1. The Hall–Kier alpha value is -0.770. The van der Waals surface area contributed by atoms with Crippen LogP contribution in [-0.2, 0) is 4.79 Å². The molecule has 13 N–H and O–H groups in total. The first-order valence-corrected chi connectivity index (χ1v) is 3.37. The lowest BCUT2D eigenvalue weighted by molar-refractivity contribution is -0.138. The van der Waals surface area contributed by atoms with E-state index in [0.29, 0.717) is 13.0 Å². The fraction of sp³-hybridized carbons (Fsp3) is 0.833. The van der Waals surface area contributed by atoms with Crippen LogP contribution in [0.5, 0.6) is 0 Å². The molecular weight excluding hydrogens is 196 g/mol. The van der Waals surface area contributed by atoms with E-state index in [1.54, 1.807) is 0 Å². The SMILES string of the molecule is NCCCC[C@H](N)C(=O)O.O.O.O.O. The van der Waals surface area contributed by atoms with Crippen molar-refractivity contribution in [1.82, 2.24) is 0 Å². The number of carboxylic acid groups (broad SMARTS) is 1. The maximum Gasteiger partial charge on any atom is 0.320 e. The van der Waals surface area contributed by atoms with Crippen LogP contribution < -0.4 is 11.5 Å². The van der Waals surface area contributed by atoms with Gasteiger partial charge in [-0.1, -0.05) is 6.42 Å². The lowest BCUT2D eigenvalue weighted by Crippen LogP contribution is -2.29. The second-order valence-electron chi connectivity index (χ2n) is 2.23. The Bertz CT molecular complexity index is 112. The number of hydrogen-bond donors (Lipinski definition) is 3. The summed E-state index contributed by atoms with van der Waals surface area (Å²) in [5.41, 5.74) is 10.4. The Morgan fingerprint density at radius 2 is 1.57 bits per heavy atom. The second-order valence-corrected chi connectivity index (χ2v) is 2.23. The van der Waals surface area contributed by atoms with Gasteiger partial charge in [0.05, 0.1) is 0 Å². The molecule has 0 amide bonds. The number of carbonyl (C=O) groups is 1. The molecule has 0 fully saturated rings. The van der Waals surface area contributed by atoms with Crippen molar-refractivity contribution in [2.75, 3.05) is 6.54 Å². The van der Waals surface area contributed by atoms with E-state index in [-0.39, 0.29) is 21.9 Å². The standard InChI is InChI=1S/C6H14N2O2.4H2O/c7-4-2-1-3-5(8)6(9)10;;;;/h5H,1-4,7-8H2,(H,9,10);4*1H2/t5-;;;;/m0..../s1. The molecule has 0 aromatic rings. The van der Waals surface area contributed by atoms with Gasteiger partial charge in [-0.25, -0.2) is 0 Å². The number of nitrogens with two attached hydrogens (primary N) is 2. The summed E-state index contributed by atoms with van der Waals surface area (Å²) in [6.07, 6.45) is 2.16. The smallest absolute Gasteiger partial charge is 0.320 e. The van der Waals surface area contributed by atoms with Gasteiger partial charge in [-0.05, 0) is 19.4 Å². The Kier molecular flexibility index (Phi) is 37.8. The zero-order valence-electron chi connectivity index (χ0n) is 7.92. The predicted octanol–water partition coefficient (Wildman–Crippen LogP) is -3.77. The molecule has 0 radical (unpaired) electrons. The van der Waals surface area contributed by atoms with Crippen LogP contribution in [0.2, 0.25) is 0 Å². The predicted molar refractivity (Wildman–Crippen MR) is 53.0 cm³/mol. The lowest BCUT2D eigenvalue weighted by Gasteiger charge is -2.03. The molecule has 0 aliphatic heterocycles. The molecule has 0 aliphatic rings. The van der Waals surface area contributed by atoms with Crippen LogP contribution in [0.15, 0.2) is 0 Å². The van der Waals surface area contributed by atoms with Crippen molar-refractivity contribution < 1.29 is 31.8 Å². The van der Waals surface area contributed by atoms with Gasteiger partial charge in [0.25, 0.3) is 0 Å². The van der Waals surface area contributed by atoms with Crippen LogP contribution in [0.1, 0.15) is 19.3 Å². The lowest BCUT2D eigenvalue weighted by atomic mass is 10.1. The van der Waals surface area contributed by atoms with E-state index in [9.17, 15) is 4.79 Å². The number of aliphatic carboxylic acids is 1. The molecule has 0 rings (SSSR count). The molecule has 8 heteroatoms. The number of unbranched alkanes of at least 4 members (excludes halogenated alkanes) is 1. The Morgan fingerprint density at radius 1 is 1.14 bits per heavy atom. The minimum atomic E-state index is -0.933. The number of carboxylic acids is 1. The van der Waals surface area contributed by atoms with Crippen molar-refractivity contribution in [1.29, 1.82) is 0 Å². The van der Waals surface area contributed by atoms with E-state index in [4.69, 9.17) is 16.6 Å². The van der Waals surface area contributed by atoms with Gasteiger partial charge in [-0.2, -0.15) is 0 Å². The molecule has 0 spiro atoms. The highest BCUT2D eigenvalue weighted by molar-refractivity contribution is 5.72. The molecule has 0 bridgehead atoms. The quantitative estimate of drug-likeness (QED) is 0.395. The summed E-state index contributed by atoms with van der Waals surface area (Å²) < 4.78 is 0. The minimum absolute atomic E-state index is 0. The Morgan fingerprint density at radius 3 is 1.86 bits per heavy atom. The summed E-state index contributed by atoms with van der Waals surface area (Å²) in [6.45, 7) is 0.604. The molecular formula is C6H22N2O6. The van der Waals surface area contributed by atoms with Crippen molar-refractivity contribution in [2.45, 2.75) is 25.3 Å². The largest absolute Gasteiger partial charge is 0.480 e. The second kappa shape index (κ2) is 18.1. The molecule has 1 atom stereocenters. The van der Waals surface area contributed by atoms with E-state index in [1.807, 2.05) is 0 Å². The summed E-state index contributed by atoms with van der Waals surface area (Å²) in [5.74, 6) is -0.933. The van der Waals surface area contributed by atoms with Crippen LogP contribution in [0.3, 0.4) is 0 Å². The Labute approximate surface area is 82.1 Å². The molecule has 92 valence electrons. The number of hydrogen-bond acceptors (Lipinski definition) is 3. The maximum absolute atomic E-state index is 10.1. The van der Waals surface area contributed by atoms with E-state index >= 15 is 0 Å². The minimum Gasteiger partial charge on any atom is -0.480 e. The highest BCUT2D eigenvalue weighted by Gasteiger charge is 2.09. The van der Waals surface area contributed by atoms with Crippen molar-refractivity contribution in [2.24, 2.45) is 11.5 Å². The van der Waals surface area contributed by atoms with Gasteiger partial charge in [0, 0.05) is 0 Å². The third-order valence-electron chi connectivity index (χ3n) is 1.29. The van der Waals surface area contributed by atoms with E-state index in [0.717, 1.165) is 12.8 Å². The molecule has 0 aromatic carbocycles. The molecule has 14 heavy (non-hydrogen) atoms. The zero-order chi connectivity index (χ0) is 7.98. The van der Waals surface area contributed by atoms with Crippen molar-refractivity contribution >= 4 is 5.97 Å². The average molecular weight is 218 g/mol. The summed E-state index contributed by atoms with van der Waals surface area (Å²) in [4.78, 5) is 10.1. The van der Waals surface area contributed by atoms with Gasteiger partial charge in [-0.3, -0.25) is 4.79 Å². The molecule has 0 aromatic heterocycles. The fourth-order valence-electron chi connectivity index (χ4n) is 0.632. The van der Waals surface area contributed by atoms with Crippen molar-refractivity contribution in [3.63, 3.8) is 0 Å². The van der Waals surface area contributed by atoms with Gasteiger partial charge in [0.15, 0.2) is 0 Å². The fourth-order valence-corrected chi connectivity index (χ4v) is 0.632. The first-order chi connectivity index (χ1) is 4.68. The van der Waals surface area contributed by atoms with Crippen LogP contribution in [0, 0.1) is 0 Å². The van der Waals surface area contributed by atoms with Gasteiger partial charge in [-0.15, -0.1) is 0 Å². The summed E-state index contributed by atoms with van der Waals surface area (Å²) in [7, 11) is 0. The highest BCUT2D eigenvalue weighted by atomic mass is 16.4. The van der Waals surface area contributed by atoms with Gasteiger partial charge in [0.1, 0.15) is 6.04 Å². The molecule has 8 nitrogen and oxygen atoms in total. The van der Waals surface area contributed by atoms with E-state index in [1.165, 1.54) is 0 Å². The van der Waals surface area contributed by atoms with Gasteiger partial charge in [0.2, 0.25) is 0 Å². The molecule has 0 unspecified atom stereocenters. The molecule has 0 saturated carbocycles. The van der Waals surface area contributed by atoms with Gasteiger partial charge >= 0.3 is 5.97 Å². The summed E-state index contributed by atoms with van der Waals surface area (Å²) >= 11 is 0. The molecule has 0 heterocycles. The van der Waals surface area contributed by atoms with Crippen LogP contribution in [-0.4, -0.2) is 45.6 Å². The van der Waals surface area contributed by atoms with E-state index in [2.05, 4.69) is 0 Å². The third-order valence-corrected chi connectivity index (χ3v) is 1.29. The first kappa shape index (κ1) is 29.2. The zero-order valence-corrected chi connectivity index (χ0v) is 7.92. The third kappa shape index (κ3) is 17.4. The topological polar surface area (TPSA) is 215 Å². The van der Waals surface area contributed by atoms with Crippen molar-refractivity contribution in [3.05, 3.63) is 0 Å². The highest BCUT2D eigenvalue weighted by Crippen LogP contribution is 1.96. The first-order valence-electron chi connectivity index (χ1n) is 3.37. The normalized spacial score (nSPS) is 9.29. The van der Waals surface area contributed by atoms with Crippen LogP contribution in [0.4, 0.5) is 0 Å². The summed E-state index contributed by atoms with van der Waals surface area (Å²) in [5, 5.41) is 8.33. The van der Waals surface area contributed by atoms with Crippen LogP contribution in [0.25, 0.3) is 0 Å². The average Bonchev–Trinajstić information content (AvgIpc) is 1.88. The molecule has 0 aliphatic carbocycles. The molecule has 0 saturated heterocycles. The van der Waals surface area contributed by atoms with Gasteiger partial charge < -0.3 is 38.5 Å². The monoisotopic (exact) mass is 218 g/mol. The summed E-state index contributed by atoms with van der Waals surface area (Å²) in [6, 6.07) is -0.716. The van der Waals surface area contributed by atoms with Crippen molar-refractivity contribution in [3.8, 4) is 0 Å². The number of rotatable bonds is 5. The van der Waals surface area contributed by atoms with Crippen LogP contribution >= 0.6 is 0 Å². The Balaban J connectivity index is -0.0000000675. The van der Waals surface area contributed by atoms with E-state index < -0.39 is 12.0 Å².